The molecule has 0 radical (unpaired) electrons. The van der Waals surface area contributed by atoms with Crippen LogP contribution < -0.4 is 0 Å². The molecule has 2 aliphatic heterocycles. The summed E-state index contributed by atoms with van der Waals surface area (Å²) in [5, 5.41) is 0. The van der Waals surface area contributed by atoms with Crippen molar-refractivity contribution in [1.82, 2.24) is 4.90 Å². The minimum atomic E-state index is -0.472. The van der Waals surface area contributed by atoms with Gasteiger partial charge in [-0.2, -0.15) is 0 Å². The van der Waals surface area contributed by atoms with Crippen LogP contribution in [0.15, 0.2) is 30.3 Å². The topological polar surface area (TPSA) is 55.8 Å². The van der Waals surface area contributed by atoms with Crippen LogP contribution >= 0.6 is 0 Å². The Morgan fingerprint density at radius 2 is 1.88 bits per heavy atom. The smallest absolute Gasteiger partial charge is 0.410 e. The molecular weight excluding hydrogens is 318 g/mol. The summed E-state index contributed by atoms with van der Waals surface area (Å²) in [6.45, 7) is 7.21. The normalized spacial score (nSPS) is 25.1. The highest BCUT2D eigenvalue weighted by Gasteiger charge is 2.52. The van der Waals surface area contributed by atoms with Crippen molar-refractivity contribution < 1.29 is 19.1 Å². The first kappa shape index (κ1) is 17.8. The maximum absolute atomic E-state index is 12.4. The standard InChI is InChI=1S/C20H27NO4/c1-19(2,3)25-17(22)11-20-9-16(10-20)12-21(14-20)18(23)24-13-15-7-5-4-6-8-15/h4-8,16H,9-14H2,1-3H3. The van der Waals surface area contributed by atoms with E-state index in [0.29, 0.717) is 18.9 Å². The Bertz CT molecular complexity index is 629. The number of fused-ring (bicyclic) bond motifs is 2. The van der Waals surface area contributed by atoms with Crippen LogP contribution in [0, 0.1) is 11.3 Å². The molecule has 3 aliphatic rings. The number of carbonyl (C=O) groups is 2. The van der Waals surface area contributed by atoms with E-state index in [1.54, 1.807) is 4.90 Å². The van der Waals surface area contributed by atoms with E-state index in [2.05, 4.69) is 0 Å². The van der Waals surface area contributed by atoms with E-state index in [9.17, 15) is 9.59 Å². The average Bonchev–Trinajstić information content (AvgIpc) is 2.50. The summed E-state index contributed by atoms with van der Waals surface area (Å²) in [4.78, 5) is 26.3. The number of ether oxygens (including phenoxy) is 2. The number of benzene rings is 1. The first-order valence-electron chi connectivity index (χ1n) is 8.92. The van der Waals surface area contributed by atoms with Gasteiger partial charge in [0.15, 0.2) is 0 Å². The minimum absolute atomic E-state index is 0.128. The molecule has 25 heavy (non-hydrogen) atoms. The molecule has 1 aliphatic carbocycles. The summed E-state index contributed by atoms with van der Waals surface area (Å²) in [6, 6.07) is 9.66. The SMILES string of the molecule is CC(C)(C)OC(=O)CC12CC(CN(C(=O)OCc3ccccc3)C1)C2. The van der Waals surface area contributed by atoms with E-state index in [0.717, 1.165) is 24.9 Å². The van der Waals surface area contributed by atoms with Crippen LogP contribution in [0.4, 0.5) is 4.79 Å². The quantitative estimate of drug-likeness (QED) is 0.780. The second kappa shape index (κ2) is 6.70. The van der Waals surface area contributed by atoms with Gasteiger partial charge in [0.2, 0.25) is 0 Å². The Balaban J connectivity index is 1.53. The van der Waals surface area contributed by atoms with Crippen molar-refractivity contribution in [2.24, 2.45) is 11.3 Å². The van der Waals surface area contributed by atoms with Gasteiger partial charge in [-0.3, -0.25) is 4.79 Å². The Kier molecular flexibility index (Phi) is 4.76. The lowest BCUT2D eigenvalue weighted by Crippen LogP contribution is -2.58. The molecule has 5 heteroatoms. The molecule has 0 unspecified atom stereocenters. The van der Waals surface area contributed by atoms with E-state index in [1.165, 1.54) is 0 Å². The molecule has 5 nitrogen and oxygen atoms in total. The first-order chi connectivity index (χ1) is 11.7. The number of esters is 1. The predicted molar refractivity (Wildman–Crippen MR) is 93.8 cm³/mol. The molecule has 3 fully saturated rings. The van der Waals surface area contributed by atoms with E-state index in [-0.39, 0.29) is 24.1 Å². The van der Waals surface area contributed by atoms with E-state index in [4.69, 9.17) is 9.47 Å². The van der Waals surface area contributed by atoms with Gasteiger partial charge < -0.3 is 14.4 Å². The largest absolute Gasteiger partial charge is 0.460 e. The highest BCUT2D eigenvalue weighted by atomic mass is 16.6. The van der Waals surface area contributed by atoms with Crippen molar-refractivity contribution in [1.29, 1.82) is 0 Å². The first-order valence-corrected chi connectivity index (χ1v) is 8.92. The molecule has 0 spiro atoms. The van der Waals surface area contributed by atoms with Crippen LogP contribution in [0.2, 0.25) is 0 Å². The molecular formula is C20H27NO4. The number of nitrogens with zero attached hydrogens (tertiary/aromatic N) is 1. The number of hydrogen-bond donors (Lipinski definition) is 0. The summed E-state index contributed by atoms with van der Waals surface area (Å²) in [7, 11) is 0. The maximum Gasteiger partial charge on any atom is 0.410 e. The lowest BCUT2D eigenvalue weighted by Gasteiger charge is -2.55. The van der Waals surface area contributed by atoms with Crippen LogP contribution in [-0.4, -0.2) is 35.7 Å². The molecule has 1 aromatic carbocycles. The van der Waals surface area contributed by atoms with Gasteiger partial charge in [-0.25, -0.2) is 4.79 Å². The number of amides is 1. The second-order valence-electron chi connectivity index (χ2n) is 8.46. The van der Waals surface area contributed by atoms with Crippen molar-refractivity contribution in [3.8, 4) is 0 Å². The molecule has 1 aromatic rings. The van der Waals surface area contributed by atoms with Gasteiger partial charge in [0, 0.05) is 13.1 Å². The van der Waals surface area contributed by atoms with Crippen LogP contribution in [-0.2, 0) is 20.9 Å². The van der Waals surface area contributed by atoms with Gasteiger partial charge in [0.1, 0.15) is 12.2 Å². The third-order valence-corrected chi connectivity index (χ3v) is 4.85. The third-order valence-electron chi connectivity index (χ3n) is 4.85. The zero-order valence-corrected chi connectivity index (χ0v) is 15.3. The highest BCUT2D eigenvalue weighted by Crippen LogP contribution is 2.53. The Labute approximate surface area is 149 Å². The molecule has 2 heterocycles. The van der Waals surface area contributed by atoms with Crippen molar-refractivity contribution in [2.45, 2.75) is 52.2 Å². The fourth-order valence-corrected chi connectivity index (χ4v) is 4.04. The number of piperidine rings is 2. The number of hydrogen-bond acceptors (Lipinski definition) is 4. The van der Waals surface area contributed by atoms with Crippen LogP contribution in [0.3, 0.4) is 0 Å². The van der Waals surface area contributed by atoms with Gasteiger partial charge in [-0.15, -0.1) is 0 Å². The lowest BCUT2D eigenvalue weighted by atomic mass is 9.57. The summed E-state index contributed by atoms with van der Waals surface area (Å²) in [5.41, 5.74) is 0.373. The molecule has 0 N–H and O–H groups in total. The number of rotatable bonds is 4. The minimum Gasteiger partial charge on any atom is -0.460 e. The lowest BCUT2D eigenvalue weighted by molar-refractivity contribution is -0.164. The summed E-state index contributed by atoms with van der Waals surface area (Å²) < 4.78 is 10.9. The maximum atomic E-state index is 12.4. The fourth-order valence-electron chi connectivity index (χ4n) is 4.04. The van der Waals surface area contributed by atoms with Gasteiger partial charge in [-0.1, -0.05) is 30.3 Å². The Morgan fingerprint density at radius 1 is 1.20 bits per heavy atom. The molecule has 1 amide bonds. The van der Waals surface area contributed by atoms with E-state index < -0.39 is 5.60 Å². The fraction of sp³-hybridized carbons (Fsp3) is 0.600. The van der Waals surface area contributed by atoms with E-state index >= 15 is 0 Å². The van der Waals surface area contributed by atoms with Crippen molar-refractivity contribution in [3.05, 3.63) is 35.9 Å². The molecule has 4 rings (SSSR count). The highest BCUT2D eigenvalue weighted by molar-refractivity contribution is 5.72. The Morgan fingerprint density at radius 3 is 2.52 bits per heavy atom. The van der Waals surface area contributed by atoms with Gasteiger partial charge in [0.25, 0.3) is 0 Å². The molecule has 2 saturated heterocycles. The second-order valence-corrected chi connectivity index (χ2v) is 8.46. The average molecular weight is 345 g/mol. The van der Waals surface area contributed by atoms with Crippen LogP contribution in [0.25, 0.3) is 0 Å². The zero-order valence-electron chi connectivity index (χ0n) is 15.3. The van der Waals surface area contributed by atoms with E-state index in [1.807, 2.05) is 51.1 Å². The predicted octanol–water partition coefficient (Wildman–Crippen LogP) is 3.77. The summed E-state index contributed by atoms with van der Waals surface area (Å²) >= 11 is 0. The zero-order chi connectivity index (χ0) is 18.1. The molecule has 0 atom stereocenters. The van der Waals surface area contributed by atoms with Gasteiger partial charge in [0.05, 0.1) is 6.42 Å². The third kappa shape index (κ3) is 4.53. The Hall–Kier alpha value is -2.04. The van der Waals surface area contributed by atoms with Crippen molar-refractivity contribution in [2.75, 3.05) is 13.1 Å². The van der Waals surface area contributed by atoms with Crippen molar-refractivity contribution >= 4 is 12.1 Å². The van der Waals surface area contributed by atoms with Gasteiger partial charge >= 0.3 is 12.1 Å². The number of carbonyl (C=O) groups excluding carboxylic acids is 2. The molecule has 1 saturated carbocycles. The van der Waals surface area contributed by atoms with Crippen molar-refractivity contribution in [3.63, 3.8) is 0 Å². The summed E-state index contributed by atoms with van der Waals surface area (Å²) in [6.07, 6.45) is 2.08. The molecule has 136 valence electrons. The molecule has 0 aromatic heterocycles. The van der Waals surface area contributed by atoms with Gasteiger partial charge in [-0.05, 0) is 50.5 Å². The van der Waals surface area contributed by atoms with Crippen LogP contribution in [0.5, 0.6) is 0 Å². The summed E-state index contributed by atoms with van der Waals surface area (Å²) in [5.74, 6) is 0.297. The monoisotopic (exact) mass is 345 g/mol. The molecule has 2 bridgehead atoms. The van der Waals surface area contributed by atoms with Crippen LogP contribution in [0.1, 0.15) is 45.6 Å².